The Labute approximate surface area is 162 Å². The van der Waals surface area contributed by atoms with Gasteiger partial charge in [-0.05, 0) is 24.3 Å². The summed E-state index contributed by atoms with van der Waals surface area (Å²) in [7, 11) is 0. The van der Waals surface area contributed by atoms with E-state index in [1.807, 2.05) is 30.3 Å². The lowest BCUT2D eigenvalue weighted by Crippen LogP contribution is -2.46. The van der Waals surface area contributed by atoms with Gasteiger partial charge in [-0.2, -0.15) is 0 Å². The summed E-state index contributed by atoms with van der Waals surface area (Å²) in [5.41, 5.74) is 7.53. The zero-order valence-electron chi connectivity index (χ0n) is 15.3. The number of nitrogens with zero attached hydrogens (tertiary/aromatic N) is 1. The molecule has 1 atom stereocenters. The van der Waals surface area contributed by atoms with Gasteiger partial charge in [0, 0.05) is 24.4 Å². The van der Waals surface area contributed by atoms with Crippen molar-refractivity contribution >= 4 is 34.3 Å². The molecule has 3 aromatic rings. The average molecular weight is 376 g/mol. The molecule has 7 nitrogen and oxygen atoms in total. The van der Waals surface area contributed by atoms with Crippen molar-refractivity contribution < 1.29 is 14.4 Å². The van der Waals surface area contributed by atoms with Crippen LogP contribution in [0.2, 0.25) is 0 Å². The first kappa shape index (κ1) is 19.0. The van der Waals surface area contributed by atoms with Gasteiger partial charge in [0.1, 0.15) is 6.04 Å². The van der Waals surface area contributed by atoms with Gasteiger partial charge in [0.05, 0.1) is 16.8 Å². The van der Waals surface area contributed by atoms with Crippen LogP contribution in [-0.4, -0.2) is 28.7 Å². The number of para-hydroxylation sites is 2. The lowest BCUT2D eigenvalue weighted by molar-refractivity contribution is -0.119. The lowest BCUT2D eigenvalue weighted by Gasteiger charge is -2.17. The van der Waals surface area contributed by atoms with Crippen LogP contribution >= 0.6 is 0 Å². The minimum absolute atomic E-state index is 0.161. The Kier molecular flexibility index (Phi) is 5.64. The normalized spacial score (nSPS) is 11.6. The molecule has 4 N–H and O–H groups in total. The number of anilines is 1. The summed E-state index contributed by atoms with van der Waals surface area (Å²) in [5.74, 6) is -1.47. The standard InChI is InChI=1S/C21H20N4O3/c1-13(26)23-18-9-5-3-7-16(18)21(28)25-19(20(22)27)12-15-11-10-14-6-2-4-8-17(14)24-15/h2-11,19H,12H2,1H3,(H2,22,27)(H,23,26)(H,25,28)/t19-/m0/s1. The van der Waals surface area contributed by atoms with Gasteiger partial charge in [0.2, 0.25) is 11.8 Å². The number of fused-ring (bicyclic) bond motifs is 1. The van der Waals surface area contributed by atoms with Crippen molar-refractivity contribution in [1.82, 2.24) is 10.3 Å². The molecule has 1 heterocycles. The monoisotopic (exact) mass is 376 g/mol. The summed E-state index contributed by atoms with van der Waals surface area (Å²) in [5, 5.41) is 6.22. The van der Waals surface area contributed by atoms with E-state index < -0.39 is 17.9 Å². The van der Waals surface area contributed by atoms with Crippen molar-refractivity contribution in [2.75, 3.05) is 5.32 Å². The van der Waals surface area contributed by atoms with Crippen LogP contribution in [0.4, 0.5) is 5.69 Å². The van der Waals surface area contributed by atoms with Crippen molar-refractivity contribution in [1.29, 1.82) is 0 Å². The number of benzene rings is 2. The van der Waals surface area contributed by atoms with Crippen LogP contribution in [0.3, 0.4) is 0 Å². The van der Waals surface area contributed by atoms with Crippen LogP contribution in [0, 0.1) is 0 Å². The maximum Gasteiger partial charge on any atom is 0.254 e. The molecular formula is C21H20N4O3. The predicted octanol–water partition coefficient (Wildman–Crippen LogP) is 2.02. The van der Waals surface area contributed by atoms with Crippen LogP contribution in [0.1, 0.15) is 23.0 Å². The lowest BCUT2D eigenvalue weighted by atomic mass is 10.1. The number of hydrogen-bond donors (Lipinski definition) is 3. The summed E-state index contributed by atoms with van der Waals surface area (Å²) in [6, 6.07) is 16.9. The second kappa shape index (κ2) is 8.30. The van der Waals surface area contributed by atoms with E-state index in [4.69, 9.17) is 5.73 Å². The Morgan fingerprint density at radius 1 is 1.00 bits per heavy atom. The second-order valence-electron chi connectivity index (χ2n) is 6.35. The van der Waals surface area contributed by atoms with Crippen molar-refractivity contribution in [2.24, 2.45) is 5.73 Å². The third kappa shape index (κ3) is 4.50. The van der Waals surface area contributed by atoms with Crippen LogP contribution in [0.5, 0.6) is 0 Å². The van der Waals surface area contributed by atoms with Crippen molar-refractivity contribution in [2.45, 2.75) is 19.4 Å². The highest BCUT2D eigenvalue weighted by atomic mass is 16.2. The Balaban J connectivity index is 1.80. The number of carbonyl (C=O) groups excluding carboxylic acids is 3. The molecule has 7 heteroatoms. The topological polar surface area (TPSA) is 114 Å². The van der Waals surface area contributed by atoms with Crippen molar-refractivity contribution in [3.63, 3.8) is 0 Å². The zero-order chi connectivity index (χ0) is 20.1. The van der Waals surface area contributed by atoms with Gasteiger partial charge in [-0.25, -0.2) is 0 Å². The van der Waals surface area contributed by atoms with Gasteiger partial charge in [-0.15, -0.1) is 0 Å². The highest BCUT2D eigenvalue weighted by molar-refractivity contribution is 6.04. The zero-order valence-corrected chi connectivity index (χ0v) is 15.3. The number of primary amides is 1. The first-order chi connectivity index (χ1) is 13.4. The Morgan fingerprint density at radius 3 is 2.46 bits per heavy atom. The molecule has 0 saturated carbocycles. The largest absolute Gasteiger partial charge is 0.368 e. The third-order valence-corrected chi connectivity index (χ3v) is 4.20. The van der Waals surface area contributed by atoms with Crippen LogP contribution in [-0.2, 0) is 16.0 Å². The fraction of sp³-hybridized carbons (Fsp3) is 0.143. The van der Waals surface area contributed by atoms with Crippen LogP contribution < -0.4 is 16.4 Å². The molecule has 0 unspecified atom stereocenters. The fourth-order valence-corrected chi connectivity index (χ4v) is 2.87. The minimum Gasteiger partial charge on any atom is -0.368 e. The van der Waals surface area contributed by atoms with E-state index in [1.165, 1.54) is 6.92 Å². The maximum absolute atomic E-state index is 12.7. The molecule has 2 aromatic carbocycles. The van der Waals surface area contributed by atoms with E-state index in [1.54, 1.807) is 30.3 Å². The molecule has 0 spiro atoms. The number of amides is 3. The third-order valence-electron chi connectivity index (χ3n) is 4.20. The summed E-state index contributed by atoms with van der Waals surface area (Å²) in [4.78, 5) is 40.4. The molecule has 0 fully saturated rings. The van der Waals surface area contributed by atoms with E-state index >= 15 is 0 Å². The summed E-state index contributed by atoms with van der Waals surface area (Å²) in [6.45, 7) is 1.35. The number of pyridine rings is 1. The highest BCUT2D eigenvalue weighted by Crippen LogP contribution is 2.16. The molecule has 1 aromatic heterocycles. The van der Waals surface area contributed by atoms with Gasteiger partial charge >= 0.3 is 0 Å². The van der Waals surface area contributed by atoms with E-state index in [-0.39, 0.29) is 17.9 Å². The second-order valence-corrected chi connectivity index (χ2v) is 6.35. The predicted molar refractivity (Wildman–Crippen MR) is 107 cm³/mol. The van der Waals surface area contributed by atoms with Gasteiger partial charge in [-0.3, -0.25) is 19.4 Å². The maximum atomic E-state index is 12.7. The molecule has 0 aliphatic carbocycles. The number of carbonyl (C=O) groups is 3. The molecular weight excluding hydrogens is 356 g/mol. The van der Waals surface area contributed by atoms with Crippen molar-refractivity contribution in [3.8, 4) is 0 Å². The molecule has 3 rings (SSSR count). The van der Waals surface area contributed by atoms with Gasteiger partial charge < -0.3 is 16.4 Å². The van der Waals surface area contributed by atoms with E-state index in [2.05, 4.69) is 15.6 Å². The van der Waals surface area contributed by atoms with E-state index in [0.717, 1.165) is 10.9 Å². The summed E-state index contributed by atoms with van der Waals surface area (Å²) >= 11 is 0. The SMILES string of the molecule is CC(=O)Nc1ccccc1C(=O)N[C@@H](Cc1ccc2ccccc2n1)C(N)=O. The Bertz CT molecular complexity index is 1050. The van der Waals surface area contributed by atoms with E-state index in [0.29, 0.717) is 11.4 Å². The molecule has 0 saturated heterocycles. The molecule has 28 heavy (non-hydrogen) atoms. The summed E-state index contributed by atoms with van der Waals surface area (Å²) < 4.78 is 0. The number of rotatable bonds is 6. The molecule has 0 radical (unpaired) electrons. The number of aromatic nitrogens is 1. The Morgan fingerprint density at radius 2 is 1.71 bits per heavy atom. The fourth-order valence-electron chi connectivity index (χ4n) is 2.87. The average Bonchev–Trinajstić information content (AvgIpc) is 2.67. The summed E-state index contributed by atoms with van der Waals surface area (Å²) in [6.07, 6.45) is 0.161. The van der Waals surface area contributed by atoms with Gasteiger partial charge in [-0.1, -0.05) is 36.4 Å². The van der Waals surface area contributed by atoms with Crippen molar-refractivity contribution in [3.05, 3.63) is 71.9 Å². The highest BCUT2D eigenvalue weighted by Gasteiger charge is 2.22. The first-order valence-corrected chi connectivity index (χ1v) is 8.75. The minimum atomic E-state index is -0.938. The number of nitrogens with one attached hydrogen (secondary N) is 2. The van der Waals surface area contributed by atoms with E-state index in [9.17, 15) is 14.4 Å². The quantitative estimate of drug-likeness (QED) is 0.610. The number of nitrogens with two attached hydrogens (primary N) is 1. The molecule has 0 aliphatic rings. The Hall–Kier alpha value is -3.74. The molecule has 3 amide bonds. The van der Waals surface area contributed by atoms with Crippen LogP contribution in [0.15, 0.2) is 60.7 Å². The first-order valence-electron chi connectivity index (χ1n) is 8.75. The van der Waals surface area contributed by atoms with Gasteiger partial charge in [0.25, 0.3) is 5.91 Å². The van der Waals surface area contributed by atoms with Gasteiger partial charge in [0.15, 0.2) is 0 Å². The molecule has 142 valence electrons. The molecule has 0 bridgehead atoms. The van der Waals surface area contributed by atoms with Crippen LogP contribution in [0.25, 0.3) is 10.9 Å². The number of hydrogen-bond acceptors (Lipinski definition) is 4. The smallest absolute Gasteiger partial charge is 0.254 e. The molecule has 0 aliphatic heterocycles.